The Kier molecular flexibility index (Phi) is 6.57. The minimum absolute atomic E-state index is 0.0513. The molecule has 1 unspecified atom stereocenters. The number of amidine groups is 1. The van der Waals surface area contributed by atoms with Crippen molar-refractivity contribution in [3.05, 3.63) is 0 Å². The van der Waals surface area contributed by atoms with Crippen LogP contribution in [0.1, 0.15) is 33.6 Å². The second kappa shape index (κ2) is 7.11. The first-order chi connectivity index (χ1) is 7.98. The number of nitrogens with zero attached hydrogens (tertiary/aromatic N) is 1. The van der Waals surface area contributed by atoms with Crippen LogP contribution >= 0.6 is 0 Å². The molecule has 0 fully saturated rings. The van der Waals surface area contributed by atoms with Gasteiger partial charge in [0.25, 0.3) is 0 Å². The highest BCUT2D eigenvalue weighted by Gasteiger charge is 2.40. The van der Waals surface area contributed by atoms with E-state index in [-0.39, 0.29) is 17.8 Å². The van der Waals surface area contributed by atoms with Gasteiger partial charge in [0, 0.05) is 13.2 Å². The average molecular weight is 245 g/mol. The number of oxime groups is 1. The molecule has 6 nitrogen and oxygen atoms in total. The second-order valence-corrected chi connectivity index (χ2v) is 4.10. The van der Waals surface area contributed by atoms with Gasteiger partial charge in [0.05, 0.1) is 6.61 Å². The van der Waals surface area contributed by atoms with E-state index in [0.29, 0.717) is 19.4 Å². The maximum Gasteiger partial charge on any atom is 0.234 e. The molecule has 1 amide bonds. The van der Waals surface area contributed by atoms with E-state index in [1.807, 2.05) is 20.8 Å². The van der Waals surface area contributed by atoms with E-state index in [4.69, 9.17) is 15.7 Å². The van der Waals surface area contributed by atoms with Gasteiger partial charge in [0.2, 0.25) is 5.91 Å². The van der Waals surface area contributed by atoms with Gasteiger partial charge >= 0.3 is 0 Å². The molecule has 0 saturated heterocycles. The van der Waals surface area contributed by atoms with E-state index in [1.165, 1.54) is 0 Å². The molecule has 1 atom stereocenters. The number of rotatable bonds is 7. The van der Waals surface area contributed by atoms with Crippen molar-refractivity contribution in [3.63, 3.8) is 0 Å². The highest BCUT2D eigenvalue weighted by molar-refractivity contribution is 6.06. The number of methoxy groups -OCH3 is 1. The van der Waals surface area contributed by atoms with Crippen molar-refractivity contribution in [2.24, 2.45) is 16.3 Å². The van der Waals surface area contributed by atoms with Crippen molar-refractivity contribution in [1.29, 1.82) is 0 Å². The Morgan fingerprint density at radius 3 is 2.41 bits per heavy atom. The number of ether oxygens (including phenoxy) is 1. The molecular formula is C11H23N3O3. The normalized spacial score (nSPS) is 14.5. The summed E-state index contributed by atoms with van der Waals surface area (Å²) in [5, 5.41) is 14.6. The zero-order chi connectivity index (χ0) is 13.5. The summed E-state index contributed by atoms with van der Waals surface area (Å²) in [5.74, 6) is -0.285. The van der Waals surface area contributed by atoms with Gasteiger partial charge in [0.1, 0.15) is 5.41 Å². The number of nitrogens with two attached hydrogens (primary N) is 1. The summed E-state index contributed by atoms with van der Waals surface area (Å²) in [6, 6.07) is -0.114. The van der Waals surface area contributed by atoms with Crippen molar-refractivity contribution in [1.82, 2.24) is 5.32 Å². The molecule has 0 aliphatic carbocycles. The summed E-state index contributed by atoms with van der Waals surface area (Å²) < 4.78 is 4.95. The molecule has 0 heterocycles. The van der Waals surface area contributed by atoms with Crippen LogP contribution in [0.4, 0.5) is 0 Å². The molecule has 0 aliphatic rings. The van der Waals surface area contributed by atoms with Crippen LogP contribution < -0.4 is 11.1 Å². The predicted octanol–water partition coefficient (Wildman–Crippen LogP) is 0.690. The van der Waals surface area contributed by atoms with Crippen molar-refractivity contribution in [2.75, 3.05) is 13.7 Å². The summed E-state index contributed by atoms with van der Waals surface area (Å²) in [6.45, 7) is 5.93. The summed E-state index contributed by atoms with van der Waals surface area (Å²) >= 11 is 0. The molecule has 0 aliphatic heterocycles. The van der Waals surface area contributed by atoms with Crippen LogP contribution in [0.15, 0.2) is 5.16 Å². The number of nitrogens with one attached hydrogen (secondary N) is 1. The third-order valence-electron chi connectivity index (χ3n) is 3.03. The molecular weight excluding hydrogens is 222 g/mol. The molecule has 0 bridgehead atoms. The molecule has 0 aromatic heterocycles. The van der Waals surface area contributed by atoms with E-state index in [1.54, 1.807) is 7.11 Å². The lowest BCUT2D eigenvalue weighted by atomic mass is 9.80. The fourth-order valence-corrected chi connectivity index (χ4v) is 1.80. The van der Waals surface area contributed by atoms with Crippen LogP contribution in [0.25, 0.3) is 0 Å². The van der Waals surface area contributed by atoms with Gasteiger partial charge in [-0.05, 0) is 19.8 Å². The Morgan fingerprint density at radius 1 is 1.53 bits per heavy atom. The third kappa shape index (κ3) is 3.59. The highest BCUT2D eigenvalue weighted by Crippen LogP contribution is 2.27. The smallest absolute Gasteiger partial charge is 0.234 e. The zero-order valence-electron chi connectivity index (χ0n) is 11.0. The van der Waals surface area contributed by atoms with Crippen molar-refractivity contribution in [2.45, 2.75) is 39.7 Å². The first kappa shape index (κ1) is 15.7. The molecule has 6 heteroatoms. The first-order valence-corrected chi connectivity index (χ1v) is 5.76. The fraction of sp³-hybridized carbons (Fsp3) is 0.818. The maximum absolute atomic E-state index is 12.2. The Morgan fingerprint density at radius 2 is 2.06 bits per heavy atom. The highest BCUT2D eigenvalue weighted by atomic mass is 16.5. The average Bonchev–Trinajstić information content (AvgIpc) is 2.31. The predicted molar refractivity (Wildman–Crippen MR) is 65.9 cm³/mol. The monoisotopic (exact) mass is 245 g/mol. The summed E-state index contributed by atoms with van der Waals surface area (Å²) in [4.78, 5) is 12.2. The Balaban J connectivity index is 4.89. The minimum Gasteiger partial charge on any atom is -0.409 e. The minimum atomic E-state index is -0.948. The van der Waals surface area contributed by atoms with Gasteiger partial charge in [0.15, 0.2) is 5.84 Å². The topological polar surface area (TPSA) is 96.9 Å². The number of hydrogen-bond donors (Lipinski definition) is 3. The lowest BCUT2D eigenvalue weighted by Crippen LogP contribution is -2.52. The van der Waals surface area contributed by atoms with Crippen molar-refractivity contribution >= 4 is 11.7 Å². The van der Waals surface area contributed by atoms with Crippen LogP contribution in [0.5, 0.6) is 0 Å². The van der Waals surface area contributed by atoms with Gasteiger partial charge in [-0.2, -0.15) is 0 Å². The van der Waals surface area contributed by atoms with Gasteiger partial charge in [-0.1, -0.05) is 19.0 Å². The SMILES string of the molecule is CCC(CC)(C(=O)NC(C)COC)C(N)=NO. The largest absolute Gasteiger partial charge is 0.409 e. The zero-order valence-corrected chi connectivity index (χ0v) is 11.0. The summed E-state index contributed by atoms with van der Waals surface area (Å²) in [6.07, 6.45) is 0.954. The lowest BCUT2D eigenvalue weighted by Gasteiger charge is -2.30. The van der Waals surface area contributed by atoms with E-state index in [2.05, 4.69) is 10.5 Å². The molecule has 0 spiro atoms. The maximum atomic E-state index is 12.2. The first-order valence-electron chi connectivity index (χ1n) is 5.76. The van der Waals surface area contributed by atoms with Crippen molar-refractivity contribution < 1.29 is 14.7 Å². The Labute approximate surface area is 102 Å². The van der Waals surface area contributed by atoms with Crippen LogP contribution in [-0.2, 0) is 9.53 Å². The molecule has 100 valence electrons. The molecule has 0 aromatic rings. The van der Waals surface area contributed by atoms with Gasteiger partial charge in [-0.3, -0.25) is 4.79 Å². The molecule has 0 aromatic carbocycles. The fourth-order valence-electron chi connectivity index (χ4n) is 1.80. The Hall–Kier alpha value is -1.30. The molecule has 17 heavy (non-hydrogen) atoms. The van der Waals surface area contributed by atoms with Gasteiger partial charge in [-0.25, -0.2) is 0 Å². The summed E-state index contributed by atoms with van der Waals surface area (Å²) in [7, 11) is 1.57. The molecule has 4 N–H and O–H groups in total. The molecule has 0 rings (SSSR count). The number of carbonyl (C=O) groups excluding carboxylic acids is 1. The van der Waals surface area contributed by atoms with E-state index in [0.717, 1.165) is 0 Å². The summed E-state index contributed by atoms with van der Waals surface area (Å²) in [5.41, 5.74) is 4.68. The van der Waals surface area contributed by atoms with Crippen LogP contribution in [0, 0.1) is 5.41 Å². The number of carbonyl (C=O) groups is 1. The van der Waals surface area contributed by atoms with Crippen LogP contribution in [0.2, 0.25) is 0 Å². The lowest BCUT2D eigenvalue weighted by molar-refractivity contribution is -0.129. The number of amides is 1. The molecule has 0 saturated carbocycles. The quantitative estimate of drug-likeness (QED) is 0.266. The van der Waals surface area contributed by atoms with Crippen LogP contribution in [0.3, 0.4) is 0 Å². The van der Waals surface area contributed by atoms with E-state index < -0.39 is 5.41 Å². The van der Waals surface area contributed by atoms with Gasteiger partial charge < -0.3 is 21.0 Å². The van der Waals surface area contributed by atoms with Crippen LogP contribution in [-0.4, -0.2) is 36.7 Å². The van der Waals surface area contributed by atoms with E-state index >= 15 is 0 Å². The number of hydrogen-bond acceptors (Lipinski definition) is 4. The van der Waals surface area contributed by atoms with Crippen molar-refractivity contribution in [3.8, 4) is 0 Å². The standard InChI is InChI=1S/C11H23N3O3/c1-5-11(6-2,9(12)14-16)10(15)13-8(3)7-17-4/h8,16H,5-7H2,1-4H3,(H2,12,14)(H,13,15). The third-order valence-corrected chi connectivity index (χ3v) is 3.03. The second-order valence-electron chi connectivity index (χ2n) is 4.10. The van der Waals surface area contributed by atoms with E-state index in [9.17, 15) is 4.79 Å². The molecule has 0 radical (unpaired) electrons. The van der Waals surface area contributed by atoms with Gasteiger partial charge in [-0.15, -0.1) is 0 Å². The Bertz CT molecular complexity index is 275.